The number of rotatable bonds is 8. The zero-order valence-electron chi connectivity index (χ0n) is 15.3. The molecule has 0 bridgehead atoms. The minimum absolute atomic E-state index is 0.207. The molecule has 1 aromatic heterocycles. The summed E-state index contributed by atoms with van der Waals surface area (Å²) in [5, 5.41) is 2.81. The van der Waals surface area contributed by atoms with Crippen LogP contribution in [-0.4, -0.2) is 31.2 Å². The van der Waals surface area contributed by atoms with Gasteiger partial charge in [-0.1, -0.05) is 48.5 Å². The summed E-state index contributed by atoms with van der Waals surface area (Å²) in [5.74, 6) is -0.207. The van der Waals surface area contributed by atoms with Crippen molar-refractivity contribution in [1.29, 1.82) is 0 Å². The molecule has 5 heteroatoms. The molecule has 3 rings (SSSR count). The summed E-state index contributed by atoms with van der Waals surface area (Å²) in [7, 11) is 1.60. The molecule has 0 fully saturated rings. The molecule has 0 saturated heterocycles. The van der Waals surface area contributed by atoms with Gasteiger partial charge in [0.25, 0.3) is 5.91 Å². The number of aromatic nitrogens is 1. The van der Waals surface area contributed by atoms with Crippen LogP contribution in [0.5, 0.6) is 0 Å². The van der Waals surface area contributed by atoms with Crippen LogP contribution in [0.1, 0.15) is 16.1 Å². The quantitative estimate of drug-likeness (QED) is 0.620. The van der Waals surface area contributed by atoms with Crippen molar-refractivity contribution in [2.75, 3.05) is 25.2 Å². The summed E-state index contributed by atoms with van der Waals surface area (Å²) in [6, 6.07) is 24.1. The van der Waals surface area contributed by atoms with Crippen molar-refractivity contribution in [3.05, 3.63) is 90.3 Å². The van der Waals surface area contributed by atoms with Crippen molar-refractivity contribution in [2.45, 2.75) is 6.54 Å². The van der Waals surface area contributed by atoms with Gasteiger partial charge in [0.15, 0.2) is 0 Å². The van der Waals surface area contributed by atoms with Crippen LogP contribution in [-0.2, 0) is 11.3 Å². The molecular weight excluding hydrogens is 338 g/mol. The van der Waals surface area contributed by atoms with Gasteiger partial charge < -0.3 is 15.0 Å². The molecule has 3 aromatic rings. The first kappa shape index (κ1) is 18.6. The normalized spacial score (nSPS) is 10.4. The summed E-state index contributed by atoms with van der Waals surface area (Å²) in [6.07, 6.45) is 1.67. The van der Waals surface area contributed by atoms with Crippen molar-refractivity contribution in [1.82, 2.24) is 10.3 Å². The summed E-state index contributed by atoms with van der Waals surface area (Å²) in [5.41, 5.74) is 3.54. The molecule has 1 N–H and O–H groups in total. The van der Waals surface area contributed by atoms with E-state index in [4.69, 9.17) is 4.74 Å². The van der Waals surface area contributed by atoms with E-state index in [2.05, 4.69) is 39.5 Å². The highest BCUT2D eigenvalue weighted by Gasteiger charge is 2.13. The van der Waals surface area contributed by atoms with Crippen LogP contribution < -0.4 is 10.2 Å². The van der Waals surface area contributed by atoms with Crippen LogP contribution >= 0.6 is 0 Å². The first-order valence-electron chi connectivity index (χ1n) is 8.87. The first-order valence-corrected chi connectivity index (χ1v) is 8.87. The van der Waals surface area contributed by atoms with Gasteiger partial charge >= 0.3 is 0 Å². The van der Waals surface area contributed by atoms with E-state index in [1.54, 1.807) is 13.3 Å². The highest BCUT2D eigenvalue weighted by atomic mass is 16.5. The van der Waals surface area contributed by atoms with Crippen LogP contribution in [0.4, 0.5) is 11.4 Å². The number of nitrogens with zero attached hydrogens (tertiary/aromatic N) is 2. The summed E-state index contributed by atoms with van der Waals surface area (Å²) >= 11 is 0. The van der Waals surface area contributed by atoms with E-state index in [9.17, 15) is 4.79 Å². The molecule has 0 aliphatic heterocycles. The second-order valence-electron chi connectivity index (χ2n) is 6.06. The first-order chi connectivity index (χ1) is 13.3. The molecule has 0 unspecified atom stereocenters. The molecule has 0 saturated carbocycles. The number of pyridine rings is 1. The highest BCUT2D eigenvalue weighted by Crippen LogP contribution is 2.27. The molecule has 0 spiro atoms. The highest BCUT2D eigenvalue weighted by molar-refractivity contribution is 5.93. The molecule has 5 nitrogen and oxygen atoms in total. The van der Waals surface area contributed by atoms with Crippen LogP contribution in [0, 0.1) is 0 Å². The molecule has 0 radical (unpaired) electrons. The van der Waals surface area contributed by atoms with E-state index in [1.807, 2.05) is 48.5 Å². The largest absolute Gasteiger partial charge is 0.383 e. The smallest absolute Gasteiger partial charge is 0.270 e. The van der Waals surface area contributed by atoms with E-state index in [0.717, 1.165) is 11.4 Å². The fourth-order valence-electron chi connectivity index (χ4n) is 2.77. The fourth-order valence-corrected chi connectivity index (χ4v) is 2.77. The van der Waals surface area contributed by atoms with Crippen molar-refractivity contribution >= 4 is 17.3 Å². The van der Waals surface area contributed by atoms with Gasteiger partial charge in [0.1, 0.15) is 5.69 Å². The predicted molar refractivity (Wildman–Crippen MR) is 107 cm³/mol. The van der Waals surface area contributed by atoms with Crippen LogP contribution in [0.15, 0.2) is 79.0 Å². The second kappa shape index (κ2) is 9.50. The lowest BCUT2D eigenvalue weighted by molar-refractivity contribution is 0.0932. The number of anilines is 2. The Morgan fingerprint density at radius 1 is 1.00 bits per heavy atom. The number of benzene rings is 2. The Balaban J connectivity index is 1.88. The van der Waals surface area contributed by atoms with E-state index >= 15 is 0 Å². The van der Waals surface area contributed by atoms with E-state index in [1.165, 1.54) is 5.56 Å². The molecule has 0 atom stereocenters. The molecule has 0 aliphatic carbocycles. The number of nitrogens with one attached hydrogen (secondary N) is 1. The minimum Gasteiger partial charge on any atom is -0.383 e. The zero-order chi connectivity index (χ0) is 18.9. The number of ether oxygens (including phenoxy) is 1. The Kier molecular flexibility index (Phi) is 6.55. The number of hydrogen-bond acceptors (Lipinski definition) is 4. The average molecular weight is 361 g/mol. The molecule has 1 amide bonds. The third kappa shape index (κ3) is 5.15. The van der Waals surface area contributed by atoms with Crippen LogP contribution in [0.25, 0.3) is 0 Å². The van der Waals surface area contributed by atoms with Crippen molar-refractivity contribution in [3.63, 3.8) is 0 Å². The molecule has 138 valence electrons. The minimum atomic E-state index is -0.207. The van der Waals surface area contributed by atoms with Crippen LogP contribution in [0.2, 0.25) is 0 Å². The Hall–Kier alpha value is -3.18. The average Bonchev–Trinajstić information content (AvgIpc) is 2.73. The summed E-state index contributed by atoms with van der Waals surface area (Å²) in [6.45, 7) is 1.61. The third-order valence-corrected chi connectivity index (χ3v) is 4.13. The Morgan fingerprint density at radius 3 is 2.41 bits per heavy atom. The van der Waals surface area contributed by atoms with Gasteiger partial charge in [-0.15, -0.1) is 0 Å². The number of carbonyl (C=O) groups is 1. The standard InChI is InChI=1S/C22H23N3O2/c1-27-15-14-24-22(26)21-16-20(12-13-23-21)25(19-10-6-3-7-11-19)17-18-8-4-2-5-9-18/h2-13,16H,14-15,17H2,1H3,(H,24,26). The maximum absolute atomic E-state index is 12.3. The summed E-state index contributed by atoms with van der Waals surface area (Å²) < 4.78 is 4.97. The van der Waals surface area contributed by atoms with Crippen LogP contribution in [0.3, 0.4) is 0 Å². The maximum atomic E-state index is 12.3. The van der Waals surface area contributed by atoms with Gasteiger partial charge in [-0.25, -0.2) is 0 Å². The van der Waals surface area contributed by atoms with Gasteiger partial charge in [0.05, 0.1) is 6.61 Å². The molecule has 27 heavy (non-hydrogen) atoms. The fraction of sp³-hybridized carbons (Fsp3) is 0.182. The number of carbonyl (C=O) groups excluding carboxylic acids is 1. The van der Waals surface area contributed by atoms with E-state index < -0.39 is 0 Å². The lowest BCUT2D eigenvalue weighted by atomic mass is 10.1. The Labute approximate surface area is 159 Å². The van der Waals surface area contributed by atoms with E-state index in [-0.39, 0.29) is 5.91 Å². The number of methoxy groups -OCH3 is 1. The zero-order valence-corrected chi connectivity index (χ0v) is 15.3. The van der Waals surface area contributed by atoms with Gasteiger partial charge in [0, 0.05) is 37.8 Å². The van der Waals surface area contributed by atoms with Crippen molar-refractivity contribution in [2.24, 2.45) is 0 Å². The molecular formula is C22H23N3O2. The van der Waals surface area contributed by atoms with Gasteiger partial charge in [-0.05, 0) is 29.8 Å². The van der Waals surface area contributed by atoms with Gasteiger partial charge in [-0.2, -0.15) is 0 Å². The second-order valence-corrected chi connectivity index (χ2v) is 6.06. The molecule has 2 aromatic carbocycles. The van der Waals surface area contributed by atoms with Gasteiger partial charge in [-0.3, -0.25) is 9.78 Å². The lowest BCUT2D eigenvalue weighted by Crippen LogP contribution is -2.28. The molecule has 0 aliphatic rings. The van der Waals surface area contributed by atoms with E-state index in [0.29, 0.717) is 25.4 Å². The Bertz CT molecular complexity index is 854. The summed E-state index contributed by atoms with van der Waals surface area (Å²) in [4.78, 5) is 18.7. The number of amides is 1. The lowest BCUT2D eigenvalue weighted by Gasteiger charge is -2.25. The number of hydrogen-bond donors (Lipinski definition) is 1. The maximum Gasteiger partial charge on any atom is 0.270 e. The number of para-hydroxylation sites is 1. The monoisotopic (exact) mass is 361 g/mol. The SMILES string of the molecule is COCCNC(=O)c1cc(N(Cc2ccccc2)c2ccccc2)ccn1. The topological polar surface area (TPSA) is 54.5 Å². The Morgan fingerprint density at radius 2 is 1.70 bits per heavy atom. The van der Waals surface area contributed by atoms with Crippen molar-refractivity contribution < 1.29 is 9.53 Å². The van der Waals surface area contributed by atoms with Gasteiger partial charge in [0.2, 0.25) is 0 Å². The molecule has 1 heterocycles. The predicted octanol–water partition coefficient (Wildman–Crippen LogP) is 3.80. The third-order valence-electron chi connectivity index (χ3n) is 4.13. The van der Waals surface area contributed by atoms with Crippen molar-refractivity contribution in [3.8, 4) is 0 Å².